The van der Waals surface area contributed by atoms with Gasteiger partial charge in [0.05, 0.1) is 0 Å². The van der Waals surface area contributed by atoms with E-state index in [1.807, 2.05) is 0 Å². The Bertz CT molecular complexity index is 466. The highest BCUT2D eigenvalue weighted by atomic mass is 16.4. The number of rotatable bonds is 2. The average molecular weight is 282 g/mol. The topological polar surface area (TPSA) is 86.7 Å². The summed E-state index contributed by atoms with van der Waals surface area (Å²) in [5.41, 5.74) is -1.11. The Morgan fingerprint density at radius 2 is 1.65 bits per heavy atom. The SMILES string of the molecule is CC1(C)CC(C)(C)CC2(C1)NC(=O)N(CC(=O)O)C2=O. The summed E-state index contributed by atoms with van der Waals surface area (Å²) in [6.45, 7) is 7.74. The maximum Gasteiger partial charge on any atom is 0.325 e. The van der Waals surface area contributed by atoms with Crippen LogP contribution in [0.2, 0.25) is 0 Å². The highest BCUT2D eigenvalue weighted by molar-refractivity contribution is 6.08. The summed E-state index contributed by atoms with van der Waals surface area (Å²) >= 11 is 0. The first-order valence-electron chi connectivity index (χ1n) is 6.82. The predicted octanol–water partition coefficient (Wildman–Crippen LogP) is 1.60. The van der Waals surface area contributed by atoms with Crippen LogP contribution in [0, 0.1) is 10.8 Å². The summed E-state index contributed by atoms with van der Waals surface area (Å²) in [6, 6.07) is -0.592. The normalized spacial score (nSPS) is 26.7. The van der Waals surface area contributed by atoms with Crippen LogP contribution in [0.1, 0.15) is 47.0 Å². The smallest absolute Gasteiger partial charge is 0.325 e. The number of nitrogens with zero attached hydrogens (tertiary/aromatic N) is 1. The second kappa shape index (κ2) is 4.20. The van der Waals surface area contributed by atoms with Gasteiger partial charge in [0, 0.05) is 0 Å². The Morgan fingerprint density at radius 1 is 1.15 bits per heavy atom. The van der Waals surface area contributed by atoms with Crippen LogP contribution in [0.4, 0.5) is 4.79 Å². The Hall–Kier alpha value is -1.59. The molecule has 1 heterocycles. The molecule has 6 nitrogen and oxygen atoms in total. The number of nitrogens with one attached hydrogen (secondary N) is 1. The van der Waals surface area contributed by atoms with E-state index in [2.05, 4.69) is 33.0 Å². The van der Waals surface area contributed by atoms with Gasteiger partial charge < -0.3 is 10.4 Å². The Balaban J connectivity index is 2.34. The molecule has 1 saturated carbocycles. The minimum atomic E-state index is -1.18. The molecule has 6 heteroatoms. The highest BCUT2D eigenvalue weighted by Gasteiger charge is 2.58. The van der Waals surface area contributed by atoms with E-state index in [1.165, 1.54) is 0 Å². The predicted molar refractivity (Wildman–Crippen MR) is 72.0 cm³/mol. The van der Waals surface area contributed by atoms with Crippen molar-refractivity contribution in [3.8, 4) is 0 Å². The standard InChI is InChI=1S/C14H22N2O4/c1-12(2)6-13(3,4)8-14(7-12)10(19)16(5-9(17)18)11(20)15-14/h5-8H2,1-4H3,(H,15,20)(H,17,18). The van der Waals surface area contributed by atoms with E-state index in [-0.39, 0.29) is 10.8 Å². The number of hydrogen-bond donors (Lipinski definition) is 2. The van der Waals surface area contributed by atoms with Gasteiger partial charge in [-0.2, -0.15) is 0 Å². The van der Waals surface area contributed by atoms with Gasteiger partial charge in [-0.05, 0) is 30.1 Å². The molecule has 0 atom stereocenters. The van der Waals surface area contributed by atoms with Gasteiger partial charge in [0.15, 0.2) is 0 Å². The van der Waals surface area contributed by atoms with E-state index >= 15 is 0 Å². The number of imide groups is 1. The lowest BCUT2D eigenvalue weighted by molar-refractivity contribution is -0.144. The van der Waals surface area contributed by atoms with E-state index < -0.39 is 30.0 Å². The first kappa shape index (κ1) is 14.8. The zero-order valence-electron chi connectivity index (χ0n) is 12.4. The van der Waals surface area contributed by atoms with Crippen molar-refractivity contribution < 1.29 is 19.5 Å². The van der Waals surface area contributed by atoms with Gasteiger partial charge >= 0.3 is 12.0 Å². The molecule has 2 N–H and O–H groups in total. The van der Waals surface area contributed by atoms with E-state index in [4.69, 9.17) is 5.11 Å². The Morgan fingerprint density at radius 3 is 2.10 bits per heavy atom. The zero-order chi connectivity index (χ0) is 15.3. The van der Waals surface area contributed by atoms with Crippen LogP contribution < -0.4 is 5.32 Å². The number of hydrogen-bond acceptors (Lipinski definition) is 3. The van der Waals surface area contributed by atoms with Crippen molar-refractivity contribution >= 4 is 17.9 Å². The number of amides is 3. The Labute approximate surface area is 118 Å². The molecule has 0 unspecified atom stereocenters. The molecule has 2 aliphatic rings. The molecule has 0 radical (unpaired) electrons. The molecule has 2 rings (SSSR count). The monoisotopic (exact) mass is 282 g/mol. The fourth-order valence-corrected chi connectivity index (χ4v) is 4.31. The fraction of sp³-hybridized carbons (Fsp3) is 0.786. The molecule has 0 aromatic carbocycles. The minimum Gasteiger partial charge on any atom is -0.480 e. The number of carbonyl (C=O) groups excluding carboxylic acids is 2. The lowest BCUT2D eigenvalue weighted by atomic mass is 9.58. The largest absolute Gasteiger partial charge is 0.480 e. The molecule has 20 heavy (non-hydrogen) atoms. The average Bonchev–Trinajstić information content (AvgIpc) is 2.37. The molecule has 1 spiro atoms. The molecule has 2 fully saturated rings. The van der Waals surface area contributed by atoms with Crippen molar-refractivity contribution in [1.29, 1.82) is 0 Å². The van der Waals surface area contributed by atoms with Gasteiger partial charge in [-0.3, -0.25) is 14.5 Å². The summed E-state index contributed by atoms with van der Waals surface area (Å²) in [4.78, 5) is 36.1. The van der Waals surface area contributed by atoms with E-state index in [0.29, 0.717) is 12.8 Å². The first-order valence-corrected chi connectivity index (χ1v) is 6.82. The molecule has 0 bridgehead atoms. The van der Waals surface area contributed by atoms with Gasteiger partial charge in [0.1, 0.15) is 12.1 Å². The summed E-state index contributed by atoms with van der Waals surface area (Å²) in [7, 11) is 0. The molecule has 3 amide bonds. The van der Waals surface area contributed by atoms with Crippen LogP contribution in [0.3, 0.4) is 0 Å². The van der Waals surface area contributed by atoms with Gasteiger partial charge in [-0.25, -0.2) is 4.79 Å². The van der Waals surface area contributed by atoms with Crippen LogP contribution in [0.15, 0.2) is 0 Å². The number of aliphatic carboxylic acids is 1. The molecule has 0 aromatic rings. The fourth-order valence-electron chi connectivity index (χ4n) is 4.31. The van der Waals surface area contributed by atoms with Crippen LogP contribution in [-0.2, 0) is 9.59 Å². The van der Waals surface area contributed by atoms with Gasteiger partial charge in [0.2, 0.25) is 0 Å². The highest BCUT2D eigenvalue weighted by Crippen LogP contribution is 2.51. The maximum atomic E-state index is 12.6. The van der Waals surface area contributed by atoms with Crippen LogP contribution in [0.5, 0.6) is 0 Å². The molecule has 1 saturated heterocycles. The number of urea groups is 1. The number of carboxylic acids is 1. The van der Waals surface area contributed by atoms with Crippen LogP contribution in [0.25, 0.3) is 0 Å². The van der Waals surface area contributed by atoms with E-state index in [9.17, 15) is 14.4 Å². The molecule has 0 aromatic heterocycles. The molecule has 112 valence electrons. The first-order chi connectivity index (χ1) is 8.96. The van der Waals surface area contributed by atoms with Crippen LogP contribution in [-0.4, -0.2) is 40.0 Å². The minimum absolute atomic E-state index is 0.0794. The third-order valence-corrected chi connectivity index (χ3v) is 4.06. The molecule has 1 aliphatic heterocycles. The summed E-state index contributed by atoms with van der Waals surface area (Å²) < 4.78 is 0. The van der Waals surface area contributed by atoms with Crippen molar-refractivity contribution in [1.82, 2.24) is 10.2 Å². The second-order valence-corrected chi connectivity index (χ2v) is 7.66. The number of carboxylic acid groups (broad SMARTS) is 1. The maximum absolute atomic E-state index is 12.6. The second-order valence-electron chi connectivity index (χ2n) is 7.66. The summed E-state index contributed by atoms with van der Waals surface area (Å²) in [5, 5.41) is 11.6. The summed E-state index contributed by atoms with van der Waals surface area (Å²) in [5.74, 6) is -1.58. The van der Waals surface area contributed by atoms with Crippen molar-refractivity contribution in [2.45, 2.75) is 52.5 Å². The quantitative estimate of drug-likeness (QED) is 0.753. The van der Waals surface area contributed by atoms with Crippen LogP contribution >= 0.6 is 0 Å². The number of carbonyl (C=O) groups is 3. The van der Waals surface area contributed by atoms with Gasteiger partial charge in [-0.15, -0.1) is 0 Å². The lowest BCUT2D eigenvalue weighted by Crippen LogP contribution is -2.56. The van der Waals surface area contributed by atoms with Gasteiger partial charge in [0.25, 0.3) is 5.91 Å². The third-order valence-electron chi connectivity index (χ3n) is 4.06. The van der Waals surface area contributed by atoms with E-state index in [0.717, 1.165) is 11.3 Å². The molecular weight excluding hydrogens is 260 g/mol. The van der Waals surface area contributed by atoms with Crippen molar-refractivity contribution in [3.05, 3.63) is 0 Å². The summed E-state index contributed by atoms with van der Waals surface area (Å²) in [6.07, 6.45) is 2.05. The van der Waals surface area contributed by atoms with Crippen molar-refractivity contribution in [2.75, 3.05) is 6.54 Å². The zero-order valence-corrected chi connectivity index (χ0v) is 12.4. The van der Waals surface area contributed by atoms with Gasteiger partial charge in [-0.1, -0.05) is 27.7 Å². The Kier molecular flexibility index (Phi) is 3.11. The lowest BCUT2D eigenvalue weighted by Gasteiger charge is -2.48. The van der Waals surface area contributed by atoms with Crippen molar-refractivity contribution in [2.24, 2.45) is 10.8 Å². The van der Waals surface area contributed by atoms with E-state index in [1.54, 1.807) is 0 Å². The van der Waals surface area contributed by atoms with Crippen molar-refractivity contribution in [3.63, 3.8) is 0 Å². The molecular formula is C14H22N2O4. The molecule has 1 aliphatic carbocycles. The third kappa shape index (κ3) is 2.51.